The van der Waals surface area contributed by atoms with Crippen molar-refractivity contribution in [1.29, 1.82) is 0 Å². The Morgan fingerprint density at radius 2 is 1.82 bits per heavy atom. The zero-order chi connectivity index (χ0) is 49.4. The molecule has 4 aromatic carbocycles. The topological polar surface area (TPSA) is 200 Å². The quantitative estimate of drug-likeness (QED) is 0.0766. The summed E-state index contributed by atoms with van der Waals surface area (Å²) in [7, 11) is 1.80. The monoisotopic (exact) mass is 973 g/mol. The number of aromatic nitrogens is 3. The maximum Gasteiger partial charge on any atom is 0.353 e. The van der Waals surface area contributed by atoms with Gasteiger partial charge in [-0.3, -0.25) is 44.4 Å². The standard InChI is InChI=1S/C54H55N9O7S/c1-32(15-16-34-21-26-62(27-22-34)31-47(65)56-36-17-18-38-43(29-36)61(3)60-48(38)39-19-20-46(64)58-51(39)67)70-44-13-7-11-41(33(44)2)54(24-8-25-55-49(54)52(68)69)63-28-23-35-9-6-10-37(40(35)30-63)50(66)59-53-57-42-12-4-5-14-45(42)71-53/h4-14,17-18,23,25,28-29,32,34,39H,15-16,19-22,24,26-27,30-31H2,1-3H3,(H,56,65)(H,68,69)(H,57,59,66)(H,58,64,67)/t32-,39?,54?/m0/s1. The van der Waals surface area contributed by atoms with Crippen molar-refractivity contribution in [2.75, 3.05) is 30.3 Å². The molecular weight excluding hydrogens is 919 g/mol. The van der Waals surface area contributed by atoms with Crippen LogP contribution in [0.5, 0.6) is 5.75 Å². The second-order valence-corrected chi connectivity index (χ2v) is 20.0. The molecule has 16 nitrogen and oxygen atoms in total. The average Bonchev–Trinajstić information content (AvgIpc) is 3.93. The fraction of sp³-hybridized carbons (Fsp3) is 0.333. The van der Waals surface area contributed by atoms with Crippen molar-refractivity contribution in [3.05, 3.63) is 131 Å². The van der Waals surface area contributed by atoms with Crippen LogP contribution in [0.2, 0.25) is 0 Å². The number of ether oxygens (including phenoxy) is 1. The number of rotatable bonds is 14. The molecule has 0 bridgehead atoms. The van der Waals surface area contributed by atoms with Gasteiger partial charge in [-0.15, -0.1) is 0 Å². The smallest absolute Gasteiger partial charge is 0.353 e. The number of nitrogens with zero attached hydrogens (tertiary/aromatic N) is 6. The van der Waals surface area contributed by atoms with Crippen molar-refractivity contribution in [2.45, 2.75) is 82.9 Å². The number of para-hydroxylation sites is 1. The number of imide groups is 1. The lowest BCUT2D eigenvalue weighted by Crippen LogP contribution is -2.53. The fourth-order valence-corrected chi connectivity index (χ4v) is 11.5. The third-order valence-electron chi connectivity index (χ3n) is 14.4. The molecule has 4 aliphatic rings. The number of hydrogen-bond acceptors (Lipinski definition) is 12. The van der Waals surface area contributed by atoms with Crippen molar-refractivity contribution >= 4 is 84.7 Å². The molecule has 3 atom stereocenters. The number of amides is 4. The van der Waals surface area contributed by atoms with E-state index in [2.05, 4.69) is 42.8 Å². The molecule has 17 heteroatoms. The maximum absolute atomic E-state index is 14.0. The molecule has 0 radical (unpaired) electrons. The highest BCUT2D eigenvalue weighted by atomic mass is 32.1. The van der Waals surface area contributed by atoms with E-state index >= 15 is 0 Å². The summed E-state index contributed by atoms with van der Waals surface area (Å²) in [6.45, 7) is 6.17. The Morgan fingerprint density at radius 1 is 1.00 bits per heavy atom. The van der Waals surface area contributed by atoms with Crippen LogP contribution in [0, 0.1) is 12.8 Å². The molecule has 71 heavy (non-hydrogen) atoms. The van der Waals surface area contributed by atoms with E-state index in [1.54, 1.807) is 24.0 Å². The summed E-state index contributed by atoms with van der Waals surface area (Å²) >= 11 is 1.41. The molecule has 6 aromatic rings. The van der Waals surface area contributed by atoms with Gasteiger partial charge >= 0.3 is 5.97 Å². The van der Waals surface area contributed by atoms with Crippen molar-refractivity contribution in [3.8, 4) is 5.75 Å². The molecule has 4 amide bonds. The van der Waals surface area contributed by atoms with E-state index < -0.39 is 17.4 Å². The largest absolute Gasteiger partial charge is 0.490 e. The van der Waals surface area contributed by atoms with E-state index in [4.69, 9.17) is 4.74 Å². The number of carbonyl (C=O) groups is 5. The van der Waals surface area contributed by atoms with Gasteiger partial charge < -0.3 is 20.1 Å². The number of aliphatic carboxylic acids is 1. The van der Waals surface area contributed by atoms with Crippen LogP contribution in [0.4, 0.5) is 10.8 Å². The highest BCUT2D eigenvalue weighted by Crippen LogP contribution is 2.44. The van der Waals surface area contributed by atoms with Crippen molar-refractivity contribution in [3.63, 3.8) is 0 Å². The first kappa shape index (κ1) is 47.2. The Balaban J connectivity index is 0.766. The van der Waals surface area contributed by atoms with Gasteiger partial charge in [-0.05, 0) is 136 Å². The molecule has 2 fully saturated rings. The van der Waals surface area contributed by atoms with Crippen molar-refractivity contribution in [1.82, 2.24) is 29.9 Å². The Kier molecular flexibility index (Phi) is 13.1. The lowest BCUT2D eigenvalue weighted by atomic mass is 9.76. The summed E-state index contributed by atoms with van der Waals surface area (Å²) in [5.41, 5.74) is 5.32. The van der Waals surface area contributed by atoms with Crippen LogP contribution in [-0.4, -0.2) is 90.7 Å². The molecule has 6 heterocycles. The molecule has 10 rings (SSSR count). The summed E-state index contributed by atoms with van der Waals surface area (Å²) in [6.07, 6.45) is 11.9. The number of hydrogen-bond donors (Lipinski definition) is 4. The lowest BCUT2D eigenvalue weighted by Gasteiger charge is -2.46. The van der Waals surface area contributed by atoms with Crippen LogP contribution in [0.1, 0.15) is 96.1 Å². The van der Waals surface area contributed by atoms with Crippen LogP contribution in [0.25, 0.3) is 27.2 Å². The van der Waals surface area contributed by atoms with Gasteiger partial charge in [0.15, 0.2) is 10.8 Å². The number of carbonyl (C=O) groups excluding carboxylic acids is 4. The summed E-state index contributed by atoms with van der Waals surface area (Å²) in [6, 6.07) is 24.7. The number of fused-ring (bicyclic) bond motifs is 3. The Bertz CT molecular complexity index is 3170. The molecule has 2 unspecified atom stereocenters. The zero-order valence-electron chi connectivity index (χ0n) is 39.8. The van der Waals surface area contributed by atoms with Gasteiger partial charge in [0, 0.05) is 55.5 Å². The van der Waals surface area contributed by atoms with Gasteiger partial charge in [-0.25, -0.2) is 9.78 Å². The number of likely N-dealkylation sites (tertiary alicyclic amines) is 1. The number of thiazole rings is 1. The normalized spacial score (nSPS) is 19.8. The molecule has 0 saturated carbocycles. The van der Waals surface area contributed by atoms with E-state index in [0.717, 1.165) is 82.1 Å². The SMILES string of the molecule is Cc1c(O[C@@H](C)CCC2CCN(CC(=O)Nc3ccc4c(C5CCC(=O)NC5=O)nn(C)c4c3)CC2)cccc1C1(N2C=Cc3cccc(C(=O)Nc4nc5ccccc5s4)c3C2)CC=CN=C1C(=O)O. The van der Waals surface area contributed by atoms with Crippen LogP contribution in [0.15, 0.2) is 102 Å². The number of benzene rings is 4. The van der Waals surface area contributed by atoms with Crippen LogP contribution in [-0.2, 0) is 38.3 Å². The van der Waals surface area contributed by atoms with E-state index in [9.17, 15) is 29.1 Å². The third kappa shape index (κ3) is 9.46. The Morgan fingerprint density at radius 3 is 2.62 bits per heavy atom. The first-order valence-corrected chi connectivity index (χ1v) is 25.0. The van der Waals surface area contributed by atoms with E-state index in [1.807, 2.05) is 103 Å². The predicted octanol–water partition coefficient (Wildman–Crippen LogP) is 8.29. The van der Waals surface area contributed by atoms with Crippen LogP contribution < -0.4 is 20.7 Å². The first-order valence-electron chi connectivity index (χ1n) is 24.1. The molecule has 0 aliphatic carbocycles. The molecule has 2 saturated heterocycles. The number of anilines is 2. The molecule has 2 aromatic heterocycles. The average molecular weight is 974 g/mol. The minimum absolute atomic E-state index is 0.0186. The third-order valence-corrected chi connectivity index (χ3v) is 15.3. The molecule has 4 aliphatic heterocycles. The minimum atomic E-state index is -1.22. The van der Waals surface area contributed by atoms with Crippen molar-refractivity contribution < 1.29 is 33.8 Å². The van der Waals surface area contributed by atoms with E-state index in [1.165, 1.54) is 11.3 Å². The molecule has 364 valence electrons. The van der Waals surface area contributed by atoms with Gasteiger partial charge in [0.25, 0.3) is 5.91 Å². The van der Waals surface area contributed by atoms with E-state index in [0.29, 0.717) is 46.6 Å². The van der Waals surface area contributed by atoms with Crippen LogP contribution in [0.3, 0.4) is 0 Å². The summed E-state index contributed by atoms with van der Waals surface area (Å²) in [4.78, 5) is 77.9. The maximum atomic E-state index is 14.0. The van der Waals surface area contributed by atoms with Gasteiger partial charge in [-0.2, -0.15) is 5.10 Å². The summed E-state index contributed by atoms with van der Waals surface area (Å²) in [5.74, 6) is -1.48. The van der Waals surface area contributed by atoms with Gasteiger partial charge in [0.1, 0.15) is 11.3 Å². The number of piperidine rings is 2. The highest BCUT2D eigenvalue weighted by Gasteiger charge is 2.48. The number of aliphatic imine (C=N–C) groups is 1. The van der Waals surface area contributed by atoms with Gasteiger partial charge in [-0.1, -0.05) is 53.8 Å². The zero-order valence-corrected chi connectivity index (χ0v) is 40.6. The van der Waals surface area contributed by atoms with E-state index in [-0.39, 0.29) is 55.0 Å². The summed E-state index contributed by atoms with van der Waals surface area (Å²) in [5, 5.41) is 25.2. The summed E-state index contributed by atoms with van der Waals surface area (Å²) < 4.78 is 9.36. The second kappa shape index (κ2) is 19.7. The highest BCUT2D eigenvalue weighted by molar-refractivity contribution is 7.22. The second-order valence-electron chi connectivity index (χ2n) is 18.9. The molecule has 0 spiro atoms. The van der Waals surface area contributed by atoms with Crippen molar-refractivity contribution in [2.24, 2.45) is 18.0 Å². The number of carboxylic acid groups (broad SMARTS) is 1. The minimum Gasteiger partial charge on any atom is -0.490 e. The number of carboxylic acids is 1. The molecule has 4 N–H and O–H groups in total. The molecular formula is C54H55N9O7S. The van der Waals surface area contributed by atoms with Gasteiger partial charge in [0.05, 0.1) is 40.0 Å². The van der Waals surface area contributed by atoms with Gasteiger partial charge in [0.2, 0.25) is 17.7 Å². The predicted molar refractivity (Wildman–Crippen MR) is 273 cm³/mol. The lowest BCUT2D eigenvalue weighted by molar-refractivity contribution is -0.134. The first-order chi connectivity index (χ1) is 34.3. The number of aryl methyl sites for hydroxylation is 1. The number of nitrogens with one attached hydrogen (secondary N) is 3. The Hall–Kier alpha value is -7.50. The van der Waals surface area contributed by atoms with Crippen LogP contribution >= 0.6 is 11.3 Å². The fourth-order valence-electron chi connectivity index (χ4n) is 10.7. The Labute approximate surface area is 414 Å².